The van der Waals surface area contributed by atoms with E-state index in [1.807, 2.05) is 39.0 Å². The fourth-order valence-corrected chi connectivity index (χ4v) is 6.73. The van der Waals surface area contributed by atoms with Crippen molar-refractivity contribution in [3.63, 3.8) is 0 Å². The monoisotopic (exact) mass is 569 g/mol. The van der Waals surface area contributed by atoms with Crippen molar-refractivity contribution in [1.29, 1.82) is 0 Å². The van der Waals surface area contributed by atoms with E-state index in [-0.39, 0.29) is 28.9 Å². The molecule has 0 radical (unpaired) electrons. The highest BCUT2D eigenvalue weighted by atomic mass is 32.2. The predicted octanol–water partition coefficient (Wildman–Crippen LogP) is 6.60. The Morgan fingerprint density at radius 2 is 1.79 bits per heavy atom. The van der Waals surface area contributed by atoms with Gasteiger partial charge in [-0.25, -0.2) is 12.7 Å². The summed E-state index contributed by atoms with van der Waals surface area (Å²) < 4.78 is 40.9. The van der Waals surface area contributed by atoms with E-state index in [9.17, 15) is 8.42 Å². The molecule has 3 aromatic rings. The first-order valence-electron chi connectivity index (χ1n) is 13.7. The molecule has 7 nitrogen and oxygen atoms in total. The van der Waals surface area contributed by atoms with E-state index in [0.29, 0.717) is 18.9 Å². The van der Waals surface area contributed by atoms with Crippen LogP contribution in [0.2, 0.25) is 25.7 Å². The number of fused-ring (bicyclic) bond motifs is 1. The van der Waals surface area contributed by atoms with Crippen LogP contribution in [0.1, 0.15) is 56.2 Å². The summed E-state index contributed by atoms with van der Waals surface area (Å²) in [6.45, 7) is 17.1. The van der Waals surface area contributed by atoms with Gasteiger partial charge in [-0.3, -0.25) is 4.90 Å². The van der Waals surface area contributed by atoms with Crippen LogP contribution >= 0.6 is 0 Å². The van der Waals surface area contributed by atoms with Crippen LogP contribution in [0.5, 0.6) is 0 Å². The molecule has 0 N–H and O–H groups in total. The minimum Gasteiger partial charge on any atom is -0.360 e. The number of sulfonamides is 1. The molecule has 1 aliphatic heterocycles. The molecule has 0 unspecified atom stereocenters. The van der Waals surface area contributed by atoms with Gasteiger partial charge in [-0.05, 0) is 48.2 Å². The minimum atomic E-state index is -3.95. The van der Waals surface area contributed by atoms with Crippen LogP contribution in [-0.4, -0.2) is 46.4 Å². The highest BCUT2D eigenvalue weighted by Crippen LogP contribution is 2.32. The van der Waals surface area contributed by atoms with Gasteiger partial charge in [0, 0.05) is 45.3 Å². The lowest BCUT2D eigenvalue weighted by Crippen LogP contribution is -2.35. The van der Waals surface area contributed by atoms with E-state index in [4.69, 9.17) is 9.26 Å². The Balaban J connectivity index is 1.61. The average molecular weight is 570 g/mol. The zero-order chi connectivity index (χ0) is 28.4. The van der Waals surface area contributed by atoms with Crippen LogP contribution in [-0.2, 0) is 33.1 Å². The molecule has 0 bridgehead atoms. The van der Waals surface area contributed by atoms with Gasteiger partial charge in [0.2, 0.25) is 0 Å². The van der Waals surface area contributed by atoms with Gasteiger partial charge in [-0.1, -0.05) is 82.0 Å². The third kappa shape index (κ3) is 7.19. The summed E-state index contributed by atoms with van der Waals surface area (Å²) in [6.07, 6.45) is 0.884. The zero-order valence-electron chi connectivity index (χ0n) is 24.4. The van der Waals surface area contributed by atoms with Crippen LogP contribution in [0.15, 0.2) is 64.0 Å². The molecule has 2 heterocycles. The molecule has 0 spiro atoms. The second kappa shape index (κ2) is 11.6. The SMILES string of the molecule is C[C@H](c1ccccc1)N1CCc2ccc(S(=O)(=O)N(COCC[Si](C)(C)C)c3cc(C(C)(C)C)on3)cc2C1. The Bertz CT molecular complexity index is 1360. The molecule has 9 heteroatoms. The van der Waals surface area contributed by atoms with Gasteiger partial charge in [0.1, 0.15) is 12.5 Å². The third-order valence-corrected chi connectivity index (χ3v) is 10.8. The van der Waals surface area contributed by atoms with Crippen molar-refractivity contribution in [2.24, 2.45) is 0 Å². The lowest BCUT2D eigenvalue weighted by Gasteiger charge is -2.34. The number of hydrogen-bond donors (Lipinski definition) is 0. The molecule has 2 aromatic carbocycles. The molecule has 0 aliphatic carbocycles. The molecule has 0 amide bonds. The van der Waals surface area contributed by atoms with Crippen LogP contribution in [0.3, 0.4) is 0 Å². The number of rotatable bonds is 10. The lowest BCUT2D eigenvalue weighted by molar-refractivity contribution is 0.155. The Kier molecular flexibility index (Phi) is 8.75. The van der Waals surface area contributed by atoms with Gasteiger partial charge in [0.15, 0.2) is 5.82 Å². The molecular formula is C30H43N3O4SSi. The summed E-state index contributed by atoms with van der Waals surface area (Å²) in [6, 6.07) is 18.8. The van der Waals surface area contributed by atoms with Crippen LogP contribution in [0, 0.1) is 0 Å². The number of anilines is 1. The van der Waals surface area contributed by atoms with Gasteiger partial charge >= 0.3 is 0 Å². The second-order valence-electron chi connectivity index (χ2n) is 12.7. The van der Waals surface area contributed by atoms with Crippen molar-refractivity contribution in [3.05, 3.63) is 77.0 Å². The molecule has 0 fully saturated rings. The second-order valence-corrected chi connectivity index (χ2v) is 20.2. The Hall–Kier alpha value is -2.46. The summed E-state index contributed by atoms with van der Waals surface area (Å²) in [5.74, 6) is 0.862. The average Bonchev–Trinajstić information content (AvgIpc) is 3.38. The van der Waals surface area contributed by atoms with E-state index in [1.54, 1.807) is 12.1 Å². The van der Waals surface area contributed by atoms with E-state index >= 15 is 0 Å². The quantitative estimate of drug-likeness (QED) is 0.156. The fraction of sp³-hybridized carbons (Fsp3) is 0.500. The van der Waals surface area contributed by atoms with Crippen molar-refractivity contribution < 1.29 is 17.7 Å². The highest BCUT2D eigenvalue weighted by molar-refractivity contribution is 7.92. The highest BCUT2D eigenvalue weighted by Gasteiger charge is 2.32. The van der Waals surface area contributed by atoms with Gasteiger partial charge in [0.05, 0.1) is 4.90 Å². The maximum absolute atomic E-state index is 14.1. The standard InChI is InChI=1S/C30H43N3O4SSi/c1-23(24-11-9-8-10-12-24)32-16-15-25-13-14-27(19-26(25)21-32)38(34,35)33(22-36-17-18-39(5,6)7)29-20-28(37-31-29)30(2,3)4/h8-14,19-20,23H,15-18,21-22H2,1-7H3/t23-/m1/s1. The Morgan fingerprint density at radius 1 is 1.08 bits per heavy atom. The van der Waals surface area contributed by atoms with Gasteiger partial charge in [-0.15, -0.1) is 0 Å². The lowest BCUT2D eigenvalue weighted by atomic mass is 9.93. The van der Waals surface area contributed by atoms with Crippen molar-refractivity contribution in [2.75, 3.05) is 24.2 Å². The van der Waals surface area contributed by atoms with E-state index in [2.05, 4.69) is 60.9 Å². The normalized spacial score (nSPS) is 15.7. The van der Waals surface area contributed by atoms with Crippen LogP contribution < -0.4 is 4.31 Å². The smallest absolute Gasteiger partial charge is 0.267 e. The molecule has 1 aliphatic rings. The fourth-order valence-electron chi connectivity index (χ4n) is 4.64. The number of aromatic nitrogens is 1. The summed E-state index contributed by atoms with van der Waals surface area (Å²) in [7, 11) is -5.27. The van der Waals surface area contributed by atoms with Crippen molar-refractivity contribution in [3.8, 4) is 0 Å². The minimum absolute atomic E-state index is 0.114. The van der Waals surface area contributed by atoms with Crippen LogP contribution in [0.4, 0.5) is 5.82 Å². The third-order valence-electron chi connectivity index (χ3n) is 7.33. The zero-order valence-corrected chi connectivity index (χ0v) is 26.2. The van der Waals surface area contributed by atoms with Gasteiger partial charge < -0.3 is 9.26 Å². The topological polar surface area (TPSA) is 75.9 Å². The first-order valence-corrected chi connectivity index (χ1v) is 18.9. The van der Waals surface area contributed by atoms with E-state index < -0.39 is 18.1 Å². The first-order chi connectivity index (χ1) is 18.3. The molecule has 1 atom stereocenters. The largest absolute Gasteiger partial charge is 0.360 e. The summed E-state index contributed by atoms with van der Waals surface area (Å²) in [5.41, 5.74) is 3.19. The first kappa shape index (κ1) is 29.5. The van der Waals surface area contributed by atoms with Crippen molar-refractivity contribution in [1.82, 2.24) is 10.1 Å². The number of benzene rings is 2. The maximum atomic E-state index is 14.1. The molecule has 4 rings (SSSR count). The summed E-state index contributed by atoms with van der Waals surface area (Å²) in [4.78, 5) is 2.64. The number of hydrogen-bond acceptors (Lipinski definition) is 6. The van der Waals surface area contributed by atoms with Crippen molar-refractivity contribution in [2.45, 2.75) is 82.7 Å². The number of nitrogens with zero attached hydrogens (tertiary/aromatic N) is 3. The maximum Gasteiger partial charge on any atom is 0.267 e. The molecule has 0 saturated heterocycles. The van der Waals surface area contributed by atoms with Crippen LogP contribution in [0.25, 0.3) is 0 Å². The summed E-state index contributed by atoms with van der Waals surface area (Å²) in [5, 5.41) is 4.15. The Labute approximate surface area is 235 Å². The van der Waals surface area contributed by atoms with Gasteiger partial charge in [-0.2, -0.15) is 0 Å². The predicted molar refractivity (Wildman–Crippen MR) is 159 cm³/mol. The molecule has 0 saturated carbocycles. The molecule has 212 valence electrons. The van der Waals surface area contributed by atoms with E-state index in [1.165, 1.54) is 15.4 Å². The molecule has 39 heavy (non-hydrogen) atoms. The Morgan fingerprint density at radius 3 is 2.44 bits per heavy atom. The van der Waals surface area contributed by atoms with Crippen molar-refractivity contribution >= 4 is 23.9 Å². The van der Waals surface area contributed by atoms with E-state index in [0.717, 1.165) is 24.6 Å². The van der Waals surface area contributed by atoms with Gasteiger partial charge in [0.25, 0.3) is 10.0 Å². The summed E-state index contributed by atoms with van der Waals surface area (Å²) >= 11 is 0. The molecular weight excluding hydrogens is 527 g/mol. The number of ether oxygens (including phenoxy) is 1. The molecule has 1 aromatic heterocycles.